The van der Waals surface area contributed by atoms with Crippen LogP contribution in [-0.4, -0.2) is 18.3 Å². The highest BCUT2D eigenvalue weighted by Crippen LogP contribution is 2.28. The van der Waals surface area contributed by atoms with Crippen LogP contribution in [0.15, 0.2) is 52.2 Å². The van der Waals surface area contributed by atoms with Gasteiger partial charge in [0.05, 0.1) is 28.9 Å². The number of hydrogen-bond acceptors (Lipinski definition) is 4. The quantitative estimate of drug-likeness (QED) is 0.638. The highest BCUT2D eigenvalue weighted by Gasteiger charge is 2.14. The standard InChI is InChI=1S/C18H20N2OS2/c1-13-6-8-15(9-7-13)19-18-20(14(2)11-21-3)16(12-23-18)17-5-4-10-22-17/h4-10,12,14H,11H2,1-3H3. The Labute approximate surface area is 144 Å². The molecule has 0 spiro atoms. The molecule has 1 unspecified atom stereocenters. The highest BCUT2D eigenvalue weighted by molar-refractivity contribution is 7.14. The minimum Gasteiger partial charge on any atom is -0.383 e. The Morgan fingerprint density at radius 2 is 1.96 bits per heavy atom. The molecule has 0 radical (unpaired) electrons. The van der Waals surface area contributed by atoms with E-state index in [1.165, 1.54) is 16.1 Å². The van der Waals surface area contributed by atoms with Gasteiger partial charge in [-0.05, 0) is 37.4 Å². The van der Waals surface area contributed by atoms with Crippen molar-refractivity contribution in [1.29, 1.82) is 0 Å². The molecule has 0 aliphatic rings. The van der Waals surface area contributed by atoms with Crippen LogP contribution in [0.2, 0.25) is 0 Å². The number of thiazole rings is 1. The van der Waals surface area contributed by atoms with Crippen LogP contribution in [0, 0.1) is 6.92 Å². The van der Waals surface area contributed by atoms with Gasteiger partial charge in [-0.15, -0.1) is 22.7 Å². The van der Waals surface area contributed by atoms with E-state index in [0.29, 0.717) is 6.61 Å². The Morgan fingerprint density at radius 1 is 1.17 bits per heavy atom. The predicted octanol–water partition coefficient (Wildman–Crippen LogP) is 5.03. The molecule has 23 heavy (non-hydrogen) atoms. The van der Waals surface area contributed by atoms with Crippen LogP contribution < -0.4 is 4.80 Å². The zero-order valence-electron chi connectivity index (χ0n) is 13.5. The van der Waals surface area contributed by atoms with E-state index in [2.05, 4.69) is 65.6 Å². The van der Waals surface area contributed by atoms with Crippen LogP contribution in [-0.2, 0) is 4.74 Å². The molecule has 0 aliphatic heterocycles. The molecule has 2 heterocycles. The normalized spacial score (nSPS) is 13.4. The van der Waals surface area contributed by atoms with Gasteiger partial charge in [0.15, 0.2) is 4.80 Å². The van der Waals surface area contributed by atoms with E-state index in [1.807, 2.05) is 0 Å². The van der Waals surface area contributed by atoms with Gasteiger partial charge >= 0.3 is 0 Å². The average Bonchev–Trinajstić information content (AvgIpc) is 3.19. The number of benzene rings is 1. The Kier molecular flexibility index (Phi) is 5.10. The van der Waals surface area contributed by atoms with Crippen molar-refractivity contribution in [2.45, 2.75) is 19.9 Å². The van der Waals surface area contributed by atoms with Crippen LogP contribution in [0.1, 0.15) is 18.5 Å². The number of methoxy groups -OCH3 is 1. The zero-order chi connectivity index (χ0) is 16.2. The number of nitrogens with zero attached hydrogens (tertiary/aromatic N) is 2. The Balaban J connectivity index is 2.11. The molecule has 2 aromatic heterocycles. The molecule has 0 saturated carbocycles. The summed E-state index contributed by atoms with van der Waals surface area (Å²) in [6.07, 6.45) is 0. The van der Waals surface area contributed by atoms with Gasteiger partial charge in [-0.2, -0.15) is 0 Å². The summed E-state index contributed by atoms with van der Waals surface area (Å²) in [7, 11) is 1.74. The fourth-order valence-corrected chi connectivity index (χ4v) is 4.30. The summed E-state index contributed by atoms with van der Waals surface area (Å²) < 4.78 is 7.64. The first-order valence-electron chi connectivity index (χ1n) is 7.53. The molecule has 0 fully saturated rings. The van der Waals surface area contributed by atoms with Gasteiger partial charge in [-0.1, -0.05) is 23.8 Å². The number of hydrogen-bond donors (Lipinski definition) is 0. The zero-order valence-corrected chi connectivity index (χ0v) is 15.2. The van der Waals surface area contributed by atoms with E-state index in [4.69, 9.17) is 9.73 Å². The number of aryl methyl sites for hydroxylation is 1. The Hall–Kier alpha value is -1.69. The van der Waals surface area contributed by atoms with Crippen molar-refractivity contribution >= 4 is 28.4 Å². The lowest BCUT2D eigenvalue weighted by atomic mass is 10.2. The smallest absolute Gasteiger partial charge is 0.190 e. The van der Waals surface area contributed by atoms with Gasteiger partial charge in [-0.3, -0.25) is 0 Å². The van der Waals surface area contributed by atoms with Crippen molar-refractivity contribution in [2.75, 3.05) is 13.7 Å². The third-order valence-corrected chi connectivity index (χ3v) is 5.35. The SMILES string of the molecule is COCC(C)n1c(-c2cccs2)csc1=Nc1ccc(C)cc1. The van der Waals surface area contributed by atoms with Gasteiger partial charge in [0, 0.05) is 12.5 Å². The lowest BCUT2D eigenvalue weighted by Gasteiger charge is -2.15. The van der Waals surface area contributed by atoms with Crippen molar-refractivity contribution in [1.82, 2.24) is 4.57 Å². The summed E-state index contributed by atoms with van der Waals surface area (Å²) in [5, 5.41) is 4.29. The predicted molar refractivity (Wildman–Crippen MR) is 98.6 cm³/mol. The van der Waals surface area contributed by atoms with Crippen molar-refractivity contribution < 1.29 is 4.74 Å². The molecule has 1 aromatic carbocycles. The van der Waals surface area contributed by atoms with Crippen LogP contribution in [0.3, 0.4) is 0 Å². The largest absolute Gasteiger partial charge is 0.383 e. The molecule has 3 aromatic rings. The number of rotatable bonds is 5. The summed E-state index contributed by atoms with van der Waals surface area (Å²) in [5.74, 6) is 0. The van der Waals surface area contributed by atoms with Crippen LogP contribution in [0.25, 0.3) is 10.6 Å². The van der Waals surface area contributed by atoms with E-state index in [1.54, 1.807) is 29.8 Å². The molecule has 5 heteroatoms. The van der Waals surface area contributed by atoms with Crippen LogP contribution >= 0.6 is 22.7 Å². The van der Waals surface area contributed by atoms with E-state index in [0.717, 1.165) is 10.5 Å². The minimum absolute atomic E-state index is 0.229. The van der Waals surface area contributed by atoms with E-state index < -0.39 is 0 Å². The van der Waals surface area contributed by atoms with E-state index in [9.17, 15) is 0 Å². The molecule has 1 atom stereocenters. The van der Waals surface area contributed by atoms with Crippen molar-refractivity contribution in [3.63, 3.8) is 0 Å². The van der Waals surface area contributed by atoms with Crippen molar-refractivity contribution in [3.05, 3.63) is 57.5 Å². The monoisotopic (exact) mass is 344 g/mol. The summed E-state index contributed by atoms with van der Waals surface area (Å²) in [6.45, 7) is 4.92. The van der Waals surface area contributed by atoms with Gasteiger partial charge in [0.1, 0.15) is 0 Å². The molecule has 0 amide bonds. The summed E-state index contributed by atoms with van der Waals surface area (Å²) in [5.41, 5.74) is 3.43. The van der Waals surface area contributed by atoms with Crippen LogP contribution in [0.4, 0.5) is 5.69 Å². The maximum atomic E-state index is 5.37. The third kappa shape index (κ3) is 3.63. The molecule has 0 bridgehead atoms. The lowest BCUT2D eigenvalue weighted by Crippen LogP contribution is -2.22. The number of ether oxygens (including phenoxy) is 1. The van der Waals surface area contributed by atoms with Crippen LogP contribution in [0.5, 0.6) is 0 Å². The second-order valence-electron chi connectivity index (χ2n) is 5.50. The second kappa shape index (κ2) is 7.25. The molecule has 0 N–H and O–H groups in total. The molecular weight excluding hydrogens is 324 g/mol. The Morgan fingerprint density at radius 3 is 2.61 bits per heavy atom. The van der Waals surface area contributed by atoms with Gasteiger partial charge < -0.3 is 9.30 Å². The molecule has 0 saturated heterocycles. The van der Waals surface area contributed by atoms with Gasteiger partial charge in [-0.25, -0.2) is 4.99 Å². The Bertz CT molecular complexity index is 814. The van der Waals surface area contributed by atoms with Gasteiger partial charge in [0.25, 0.3) is 0 Å². The summed E-state index contributed by atoms with van der Waals surface area (Å²) in [6, 6.07) is 12.8. The molecule has 3 rings (SSSR count). The number of thiophene rings is 1. The van der Waals surface area contributed by atoms with E-state index in [-0.39, 0.29) is 6.04 Å². The fourth-order valence-electron chi connectivity index (χ4n) is 2.48. The fraction of sp³-hybridized carbons (Fsp3) is 0.278. The highest BCUT2D eigenvalue weighted by atomic mass is 32.1. The first kappa shape index (κ1) is 16.2. The van der Waals surface area contributed by atoms with Gasteiger partial charge in [0.2, 0.25) is 0 Å². The lowest BCUT2D eigenvalue weighted by molar-refractivity contribution is 0.162. The summed E-state index contributed by atoms with van der Waals surface area (Å²) >= 11 is 3.43. The topological polar surface area (TPSA) is 26.5 Å². The van der Waals surface area contributed by atoms with Crippen molar-refractivity contribution in [3.8, 4) is 10.6 Å². The van der Waals surface area contributed by atoms with Crippen molar-refractivity contribution in [2.24, 2.45) is 4.99 Å². The third-order valence-electron chi connectivity index (χ3n) is 3.62. The first-order chi connectivity index (χ1) is 11.2. The molecular formula is C18H20N2OS2. The second-order valence-corrected chi connectivity index (χ2v) is 7.29. The maximum absolute atomic E-state index is 5.37. The van der Waals surface area contributed by atoms with E-state index >= 15 is 0 Å². The minimum atomic E-state index is 0.229. The molecule has 0 aliphatic carbocycles. The molecule has 120 valence electrons. The first-order valence-corrected chi connectivity index (χ1v) is 9.29. The number of aromatic nitrogens is 1. The molecule has 3 nitrogen and oxygen atoms in total. The summed E-state index contributed by atoms with van der Waals surface area (Å²) in [4.78, 5) is 7.11. The average molecular weight is 345 g/mol. The maximum Gasteiger partial charge on any atom is 0.190 e.